The van der Waals surface area contributed by atoms with Gasteiger partial charge in [-0.1, -0.05) is 38.4 Å². The molecule has 0 saturated heterocycles. The summed E-state index contributed by atoms with van der Waals surface area (Å²) in [5.74, 6) is 0.672. The number of benzene rings is 1. The number of halogens is 1. The molecule has 0 bridgehead atoms. The minimum absolute atomic E-state index is 0.672. The van der Waals surface area contributed by atoms with Gasteiger partial charge in [-0.2, -0.15) is 0 Å². The van der Waals surface area contributed by atoms with Crippen molar-refractivity contribution in [1.82, 2.24) is 5.32 Å². The number of anilines is 1. The molecule has 0 unspecified atom stereocenters. The number of hydrogen-bond acceptors (Lipinski definition) is 2. The number of hydrogen-bond donors (Lipinski definition) is 1. The molecule has 1 aromatic rings. The van der Waals surface area contributed by atoms with Crippen molar-refractivity contribution in [3.8, 4) is 0 Å². The molecule has 1 fully saturated rings. The van der Waals surface area contributed by atoms with E-state index >= 15 is 0 Å². The Balaban J connectivity index is 2.19. The Morgan fingerprint density at radius 1 is 1.35 bits per heavy atom. The highest BCUT2D eigenvalue weighted by atomic mass is 35.5. The SMILES string of the molecule is CCCNCc1ccc(Cl)cc1N(CC(C)C)C1CC1. The molecule has 3 heteroatoms. The third kappa shape index (κ3) is 4.39. The Kier molecular flexibility index (Phi) is 5.74. The largest absolute Gasteiger partial charge is 0.368 e. The molecule has 0 aliphatic heterocycles. The van der Waals surface area contributed by atoms with Gasteiger partial charge in [-0.3, -0.25) is 0 Å². The van der Waals surface area contributed by atoms with Crippen LogP contribution >= 0.6 is 11.6 Å². The first kappa shape index (κ1) is 15.7. The van der Waals surface area contributed by atoms with Gasteiger partial charge >= 0.3 is 0 Å². The van der Waals surface area contributed by atoms with E-state index in [4.69, 9.17) is 11.6 Å². The minimum Gasteiger partial charge on any atom is -0.368 e. The first-order valence-electron chi connectivity index (χ1n) is 7.87. The Hall–Kier alpha value is -0.730. The first-order chi connectivity index (χ1) is 9.61. The summed E-state index contributed by atoms with van der Waals surface area (Å²) in [5.41, 5.74) is 2.70. The molecule has 0 amide bonds. The van der Waals surface area contributed by atoms with Crippen LogP contribution in [-0.2, 0) is 6.54 Å². The second-order valence-electron chi connectivity index (χ2n) is 6.23. The lowest BCUT2D eigenvalue weighted by Gasteiger charge is -2.29. The zero-order chi connectivity index (χ0) is 14.5. The van der Waals surface area contributed by atoms with Gasteiger partial charge in [-0.05, 0) is 49.4 Å². The van der Waals surface area contributed by atoms with E-state index in [0.29, 0.717) is 5.92 Å². The average Bonchev–Trinajstić information content (AvgIpc) is 3.22. The Morgan fingerprint density at radius 3 is 2.70 bits per heavy atom. The van der Waals surface area contributed by atoms with E-state index in [1.165, 1.54) is 30.5 Å². The quantitative estimate of drug-likeness (QED) is 0.712. The third-order valence-electron chi connectivity index (χ3n) is 3.65. The van der Waals surface area contributed by atoms with E-state index in [0.717, 1.165) is 30.7 Å². The number of rotatable bonds is 8. The fourth-order valence-corrected chi connectivity index (χ4v) is 2.74. The van der Waals surface area contributed by atoms with Gasteiger partial charge in [0.25, 0.3) is 0 Å². The summed E-state index contributed by atoms with van der Waals surface area (Å²) < 4.78 is 0. The van der Waals surface area contributed by atoms with Crippen molar-refractivity contribution in [1.29, 1.82) is 0 Å². The number of nitrogens with zero attached hydrogens (tertiary/aromatic N) is 1. The van der Waals surface area contributed by atoms with Crippen molar-refractivity contribution in [3.05, 3.63) is 28.8 Å². The smallest absolute Gasteiger partial charge is 0.0429 e. The summed E-state index contributed by atoms with van der Waals surface area (Å²) in [5, 5.41) is 4.35. The van der Waals surface area contributed by atoms with Crippen LogP contribution in [0.3, 0.4) is 0 Å². The number of nitrogens with one attached hydrogen (secondary N) is 1. The van der Waals surface area contributed by atoms with Crippen LogP contribution in [0.4, 0.5) is 5.69 Å². The maximum absolute atomic E-state index is 6.24. The summed E-state index contributed by atoms with van der Waals surface area (Å²) in [6, 6.07) is 7.05. The predicted octanol–water partition coefficient (Wildman–Crippen LogP) is 4.46. The third-order valence-corrected chi connectivity index (χ3v) is 3.88. The molecule has 0 heterocycles. The average molecular weight is 295 g/mol. The van der Waals surface area contributed by atoms with Crippen LogP contribution in [0, 0.1) is 5.92 Å². The molecule has 0 radical (unpaired) electrons. The first-order valence-corrected chi connectivity index (χ1v) is 8.25. The summed E-state index contributed by atoms with van der Waals surface area (Å²) in [4.78, 5) is 2.57. The Bertz CT molecular complexity index is 427. The summed E-state index contributed by atoms with van der Waals surface area (Å²) >= 11 is 6.24. The van der Waals surface area contributed by atoms with Crippen molar-refractivity contribution >= 4 is 17.3 Å². The monoisotopic (exact) mass is 294 g/mol. The lowest BCUT2D eigenvalue weighted by atomic mass is 10.1. The highest BCUT2D eigenvalue weighted by molar-refractivity contribution is 6.30. The highest BCUT2D eigenvalue weighted by Gasteiger charge is 2.30. The molecule has 0 spiro atoms. The van der Waals surface area contributed by atoms with Crippen molar-refractivity contribution in [3.63, 3.8) is 0 Å². The van der Waals surface area contributed by atoms with Crippen molar-refractivity contribution in [2.45, 2.75) is 52.6 Å². The molecular formula is C17H27ClN2. The van der Waals surface area contributed by atoms with Gasteiger partial charge in [-0.15, -0.1) is 0 Å². The van der Waals surface area contributed by atoms with Gasteiger partial charge in [0, 0.05) is 29.8 Å². The van der Waals surface area contributed by atoms with Crippen molar-refractivity contribution < 1.29 is 0 Å². The molecule has 112 valence electrons. The maximum Gasteiger partial charge on any atom is 0.0429 e. The van der Waals surface area contributed by atoms with Crippen LogP contribution in [0.2, 0.25) is 5.02 Å². The summed E-state index contributed by atoms with van der Waals surface area (Å²) in [6.07, 6.45) is 3.81. The highest BCUT2D eigenvalue weighted by Crippen LogP contribution is 2.35. The fraction of sp³-hybridized carbons (Fsp3) is 0.647. The van der Waals surface area contributed by atoms with Gasteiger partial charge in [0.1, 0.15) is 0 Å². The molecule has 0 aromatic heterocycles. The second-order valence-corrected chi connectivity index (χ2v) is 6.66. The maximum atomic E-state index is 6.24. The van der Waals surface area contributed by atoms with Gasteiger partial charge in [0.05, 0.1) is 0 Å². The molecule has 1 N–H and O–H groups in total. The summed E-state index contributed by atoms with van der Waals surface area (Å²) in [7, 11) is 0. The van der Waals surface area contributed by atoms with E-state index in [1.54, 1.807) is 0 Å². The Labute approximate surface area is 128 Å². The van der Waals surface area contributed by atoms with E-state index in [2.05, 4.69) is 43.1 Å². The molecule has 0 atom stereocenters. The zero-order valence-corrected chi connectivity index (χ0v) is 13.7. The van der Waals surface area contributed by atoms with E-state index in [-0.39, 0.29) is 0 Å². The normalized spacial score (nSPS) is 14.8. The fourth-order valence-electron chi connectivity index (χ4n) is 2.58. The molecule has 1 aliphatic carbocycles. The van der Waals surface area contributed by atoms with Crippen molar-refractivity contribution in [2.75, 3.05) is 18.0 Å². The van der Waals surface area contributed by atoms with Crippen LogP contribution in [0.15, 0.2) is 18.2 Å². The van der Waals surface area contributed by atoms with E-state index < -0.39 is 0 Å². The van der Waals surface area contributed by atoms with Crippen LogP contribution in [0.5, 0.6) is 0 Å². The molecule has 2 nitrogen and oxygen atoms in total. The molecule has 1 aliphatic rings. The van der Waals surface area contributed by atoms with Gasteiger partial charge < -0.3 is 10.2 Å². The molecule has 1 saturated carbocycles. The second kappa shape index (κ2) is 7.33. The van der Waals surface area contributed by atoms with Crippen LogP contribution in [0.25, 0.3) is 0 Å². The summed E-state index contributed by atoms with van der Waals surface area (Å²) in [6.45, 7) is 9.89. The Morgan fingerprint density at radius 2 is 2.10 bits per heavy atom. The minimum atomic E-state index is 0.672. The zero-order valence-electron chi connectivity index (χ0n) is 13.0. The molecular weight excluding hydrogens is 268 g/mol. The van der Waals surface area contributed by atoms with Gasteiger partial charge in [0.2, 0.25) is 0 Å². The standard InChI is InChI=1S/C17H27ClN2/c1-4-9-19-11-14-5-6-15(18)10-17(14)20(12-13(2)3)16-7-8-16/h5-6,10,13,16,19H,4,7-9,11-12H2,1-3H3. The van der Waals surface area contributed by atoms with E-state index in [9.17, 15) is 0 Å². The molecule has 1 aromatic carbocycles. The molecule has 20 heavy (non-hydrogen) atoms. The lowest BCUT2D eigenvalue weighted by Crippen LogP contribution is -2.31. The predicted molar refractivity (Wildman–Crippen MR) is 88.7 cm³/mol. The lowest BCUT2D eigenvalue weighted by molar-refractivity contribution is 0.602. The van der Waals surface area contributed by atoms with Crippen LogP contribution in [0.1, 0.15) is 45.6 Å². The van der Waals surface area contributed by atoms with Crippen LogP contribution in [-0.4, -0.2) is 19.1 Å². The van der Waals surface area contributed by atoms with Gasteiger partial charge in [0.15, 0.2) is 0 Å². The van der Waals surface area contributed by atoms with Crippen LogP contribution < -0.4 is 10.2 Å². The van der Waals surface area contributed by atoms with Crippen molar-refractivity contribution in [2.24, 2.45) is 5.92 Å². The topological polar surface area (TPSA) is 15.3 Å². The van der Waals surface area contributed by atoms with Gasteiger partial charge in [-0.25, -0.2) is 0 Å². The molecule has 2 rings (SSSR count). The van der Waals surface area contributed by atoms with E-state index in [1.807, 2.05) is 6.07 Å².